The van der Waals surface area contributed by atoms with Crippen LogP contribution in [0.15, 0.2) is 0 Å². The van der Waals surface area contributed by atoms with Crippen molar-refractivity contribution in [2.75, 3.05) is 33.7 Å². The molecule has 0 aliphatic carbocycles. The first-order chi connectivity index (χ1) is 5.91. The molecule has 0 bridgehead atoms. The Morgan fingerprint density at radius 2 is 2.08 bits per heavy atom. The molecule has 0 aromatic carbocycles. The van der Waals surface area contributed by atoms with Crippen LogP contribution in [0.3, 0.4) is 0 Å². The standard InChI is InChI=1S/C9H18N2O2/c1-9(13)6-11(7-9)8(12)4-5-10(2)3/h13H,4-7H2,1-3H3. The maximum atomic E-state index is 11.4. The zero-order valence-electron chi connectivity index (χ0n) is 8.58. The normalized spacial score (nSPS) is 20.2. The highest BCUT2D eigenvalue weighted by molar-refractivity contribution is 5.77. The predicted molar refractivity (Wildman–Crippen MR) is 50.4 cm³/mol. The Hall–Kier alpha value is -0.610. The van der Waals surface area contributed by atoms with Gasteiger partial charge in [-0.1, -0.05) is 0 Å². The van der Waals surface area contributed by atoms with Gasteiger partial charge in [0, 0.05) is 13.0 Å². The van der Waals surface area contributed by atoms with E-state index in [-0.39, 0.29) is 5.91 Å². The SMILES string of the molecule is CN(C)CCC(=O)N1CC(C)(O)C1. The molecule has 1 rings (SSSR count). The van der Waals surface area contributed by atoms with Crippen LogP contribution in [0.4, 0.5) is 0 Å². The van der Waals surface area contributed by atoms with Gasteiger partial charge in [0.25, 0.3) is 0 Å². The van der Waals surface area contributed by atoms with E-state index in [0.717, 1.165) is 6.54 Å². The third kappa shape index (κ3) is 2.97. The molecule has 1 saturated heterocycles. The second-order valence-electron chi connectivity index (χ2n) is 4.30. The molecule has 0 spiro atoms. The molecule has 0 radical (unpaired) electrons. The van der Waals surface area contributed by atoms with Crippen molar-refractivity contribution in [3.05, 3.63) is 0 Å². The van der Waals surface area contributed by atoms with Gasteiger partial charge in [-0.25, -0.2) is 0 Å². The van der Waals surface area contributed by atoms with Crippen molar-refractivity contribution >= 4 is 5.91 Å². The molecule has 1 N–H and O–H groups in total. The van der Waals surface area contributed by atoms with E-state index in [0.29, 0.717) is 19.5 Å². The van der Waals surface area contributed by atoms with E-state index in [2.05, 4.69) is 0 Å². The number of amides is 1. The summed E-state index contributed by atoms with van der Waals surface area (Å²) in [5, 5.41) is 9.41. The molecule has 4 heteroatoms. The van der Waals surface area contributed by atoms with Crippen LogP contribution in [0.2, 0.25) is 0 Å². The first-order valence-electron chi connectivity index (χ1n) is 4.56. The third-order valence-electron chi connectivity index (χ3n) is 2.19. The number of likely N-dealkylation sites (tertiary alicyclic amines) is 1. The minimum Gasteiger partial charge on any atom is -0.386 e. The Kier molecular flexibility index (Phi) is 2.93. The Morgan fingerprint density at radius 1 is 1.54 bits per heavy atom. The van der Waals surface area contributed by atoms with Gasteiger partial charge in [0.05, 0.1) is 18.7 Å². The van der Waals surface area contributed by atoms with Gasteiger partial charge < -0.3 is 14.9 Å². The van der Waals surface area contributed by atoms with E-state index >= 15 is 0 Å². The van der Waals surface area contributed by atoms with Crippen molar-refractivity contribution < 1.29 is 9.90 Å². The van der Waals surface area contributed by atoms with Crippen LogP contribution in [0.25, 0.3) is 0 Å². The number of β-amino-alcohol motifs (C(OH)–C–C–N with tert-alkyl or cyclic N) is 1. The topological polar surface area (TPSA) is 43.8 Å². The quantitative estimate of drug-likeness (QED) is 0.648. The van der Waals surface area contributed by atoms with Gasteiger partial charge in [-0.2, -0.15) is 0 Å². The lowest BCUT2D eigenvalue weighted by Gasteiger charge is -2.44. The molecule has 0 unspecified atom stereocenters. The molecule has 1 aliphatic heterocycles. The van der Waals surface area contributed by atoms with Crippen LogP contribution in [0.1, 0.15) is 13.3 Å². The second-order valence-corrected chi connectivity index (χ2v) is 4.30. The average molecular weight is 186 g/mol. The number of hydrogen-bond donors (Lipinski definition) is 1. The first kappa shape index (κ1) is 10.5. The Balaban J connectivity index is 2.20. The maximum Gasteiger partial charge on any atom is 0.224 e. The summed E-state index contributed by atoms with van der Waals surface area (Å²) in [7, 11) is 3.89. The molecule has 0 saturated carbocycles. The van der Waals surface area contributed by atoms with E-state index in [1.54, 1.807) is 11.8 Å². The van der Waals surface area contributed by atoms with Crippen molar-refractivity contribution in [1.29, 1.82) is 0 Å². The zero-order valence-corrected chi connectivity index (χ0v) is 8.58. The van der Waals surface area contributed by atoms with Crippen molar-refractivity contribution in [3.63, 3.8) is 0 Å². The minimum atomic E-state index is -0.645. The monoisotopic (exact) mass is 186 g/mol. The molecular formula is C9H18N2O2. The molecule has 0 atom stereocenters. The van der Waals surface area contributed by atoms with Crippen molar-refractivity contribution in [2.45, 2.75) is 18.9 Å². The van der Waals surface area contributed by atoms with Crippen molar-refractivity contribution in [3.8, 4) is 0 Å². The van der Waals surface area contributed by atoms with Crippen LogP contribution in [0.5, 0.6) is 0 Å². The highest BCUT2D eigenvalue weighted by Gasteiger charge is 2.38. The fourth-order valence-corrected chi connectivity index (χ4v) is 1.43. The van der Waals surface area contributed by atoms with E-state index in [1.165, 1.54) is 0 Å². The molecule has 1 fully saturated rings. The lowest BCUT2D eigenvalue weighted by Crippen LogP contribution is -2.61. The number of carbonyl (C=O) groups is 1. The second kappa shape index (κ2) is 3.64. The molecule has 1 heterocycles. The van der Waals surface area contributed by atoms with E-state index in [4.69, 9.17) is 0 Å². The minimum absolute atomic E-state index is 0.139. The van der Waals surface area contributed by atoms with Gasteiger partial charge in [0.15, 0.2) is 0 Å². The Labute approximate surface area is 79.1 Å². The lowest BCUT2D eigenvalue weighted by molar-refractivity contribution is -0.152. The van der Waals surface area contributed by atoms with Crippen molar-refractivity contribution in [1.82, 2.24) is 9.80 Å². The van der Waals surface area contributed by atoms with Crippen LogP contribution in [0, 0.1) is 0 Å². The largest absolute Gasteiger partial charge is 0.386 e. The van der Waals surface area contributed by atoms with E-state index in [1.807, 2.05) is 19.0 Å². The fourth-order valence-electron chi connectivity index (χ4n) is 1.43. The lowest BCUT2D eigenvalue weighted by atomic mass is 9.96. The number of nitrogens with zero attached hydrogens (tertiary/aromatic N) is 2. The molecule has 4 nitrogen and oxygen atoms in total. The van der Waals surface area contributed by atoms with Gasteiger partial charge in [-0.15, -0.1) is 0 Å². The number of carbonyl (C=O) groups excluding carboxylic acids is 1. The average Bonchev–Trinajstić information content (AvgIpc) is 1.95. The summed E-state index contributed by atoms with van der Waals surface area (Å²) in [6, 6.07) is 0. The molecule has 1 amide bonds. The summed E-state index contributed by atoms with van der Waals surface area (Å²) in [6.07, 6.45) is 0.545. The van der Waals surface area contributed by atoms with Crippen LogP contribution >= 0.6 is 0 Å². The molecule has 0 aromatic heterocycles. The first-order valence-corrected chi connectivity index (χ1v) is 4.56. The summed E-state index contributed by atoms with van der Waals surface area (Å²) in [5.74, 6) is 0.139. The van der Waals surface area contributed by atoms with Crippen LogP contribution in [-0.4, -0.2) is 60.1 Å². The van der Waals surface area contributed by atoms with Gasteiger partial charge in [-0.3, -0.25) is 4.79 Å². The summed E-state index contributed by atoms with van der Waals surface area (Å²) in [5.41, 5.74) is -0.645. The third-order valence-corrected chi connectivity index (χ3v) is 2.19. The highest BCUT2D eigenvalue weighted by atomic mass is 16.3. The Morgan fingerprint density at radius 3 is 2.46 bits per heavy atom. The molecule has 13 heavy (non-hydrogen) atoms. The van der Waals surface area contributed by atoms with Gasteiger partial charge in [0.1, 0.15) is 0 Å². The molecule has 76 valence electrons. The summed E-state index contributed by atoms with van der Waals surface area (Å²) in [4.78, 5) is 15.1. The van der Waals surface area contributed by atoms with Gasteiger partial charge in [-0.05, 0) is 21.0 Å². The molecule has 1 aliphatic rings. The van der Waals surface area contributed by atoms with E-state index in [9.17, 15) is 9.90 Å². The Bertz CT molecular complexity index is 194. The number of rotatable bonds is 3. The van der Waals surface area contributed by atoms with Gasteiger partial charge >= 0.3 is 0 Å². The maximum absolute atomic E-state index is 11.4. The van der Waals surface area contributed by atoms with E-state index < -0.39 is 5.60 Å². The molecular weight excluding hydrogens is 168 g/mol. The summed E-state index contributed by atoms with van der Waals surface area (Å²) < 4.78 is 0. The number of hydrogen-bond acceptors (Lipinski definition) is 3. The van der Waals surface area contributed by atoms with Crippen molar-refractivity contribution in [2.24, 2.45) is 0 Å². The van der Waals surface area contributed by atoms with Crippen LogP contribution < -0.4 is 0 Å². The summed E-state index contributed by atoms with van der Waals surface area (Å²) in [6.45, 7) is 3.50. The predicted octanol–water partition coefficient (Wildman–Crippen LogP) is -0.469. The fraction of sp³-hybridized carbons (Fsp3) is 0.889. The summed E-state index contributed by atoms with van der Waals surface area (Å²) >= 11 is 0. The molecule has 0 aromatic rings. The highest BCUT2D eigenvalue weighted by Crippen LogP contribution is 2.20. The smallest absolute Gasteiger partial charge is 0.224 e. The zero-order chi connectivity index (χ0) is 10.1. The van der Waals surface area contributed by atoms with Gasteiger partial charge in [0.2, 0.25) is 5.91 Å². The van der Waals surface area contributed by atoms with Crippen LogP contribution in [-0.2, 0) is 4.79 Å². The number of aliphatic hydroxyl groups is 1.